The molecule has 0 fully saturated rings. The Labute approximate surface area is 104 Å². The summed E-state index contributed by atoms with van der Waals surface area (Å²) in [4.78, 5) is 0. The van der Waals surface area contributed by atoms with Gasteiger partial charge in [-0.1, -0.05) is 24.3 Å². The lowest BCUT2D eigenvalue weighted by Crippen LogP contribution is -2.37. The van der Waals surface area contributed by atoms with Crippen molar-refractivity contribution in [1.29, 1.82) is 0 Å². The van der Waals surface area contributed by atoms with Crippen molar-refractivity contribution in [3.05, 3.63) is 35.4 Å². The van der Waals surface area contributed by atoms with Crippen molar-refractivity contribution >= 4 is 0 Å². The molecule has 17 heavy (non-hydrogen) atoms. The van der Waals surface area contributed by atoms with Crippen LogP contribution in [0.15, 0.2) is 24.3 Å². The van der Waals surface area contributed by atoms with Crippen molar-refractivity contribution < 1.29 is 9.84 Å². The third kappa shape index (κ3) is 5.31. The maximum atomic E-state index is 8.94. The minimum absolute atomic E-state index is 0.102. The Hall–Kier alpha value is -0.900. The van der Waals surface area contributed by atoms with Crippen LogP contribution in [0.1, 0.15) is 31.9 Å². The second kappa shape index (κ2) is 6.74. The van der Waals surface area contributed by atoms with E-state index in [1.807, 2.05) is 31.2 Å². The van der Waals surface area contributed by atoms with Crippen molar-refractivity contribution in [2.45, 2.75) is 39.5 Å². The highest BCUT2D eigenvalue weighted by molar-refractivity contribution is 5.21. The van der Waals surface area contributed by atoms with Crippen molar-refractivity contribution in [3.8, 4) is 0 Å². The summed E-state index contributed by atoms with van der Waals surface area (Å²) < 4.78 is 5.61. The number of hydrogen-bond acceptors (Lipinski definition) is 3. The van der Waals surface area contributed by atoms with Crippen LogP contribution in [0.2, 0.25) is 0 Å². The summed E-state index contributed by atoms with van der Waals surface area (Å²) in [5.74, 6) is 0. The maximum absolute atomic E-state index is 8.94. The Kier molecular flexibility index (Phi) is 5.62. The molecule has 3 heteroatoms. The van der Waals surface area contributed by atoms with Gasteiger partial charge in [0.2, 0.25) is 0 Å². The molecular formula is C14H23NO2. The molecule has 0 aromatic heterocycles. The van der Waals surface area contributed by atoms with Crippen LogP contribution in [0, 0.1) is 0 Å². The van der Waals surface area contributed by atoms with E-state index in [-0.39, 0.29) is 12.2 Å². The van der Waals surface area contributed by atoms with E-state index in [1.54, 1.807) is 0 Å². The highest BCUT2D eigenvalue weighted by Gasteiger charge is 2.16. The molecule has 1 aromatic rings. The number of aliphatic hydroxyl groups is 1. The number of ether oxygens (including phenoxy) is 1. The molecule has 0 atom stereocenters. The first kappa shape index (κ1) is 14.2. The van der Waals surface area contributed by atoms with Gasteiger partial charge in [0.05, 0.1) is 12.2 Å². The lowest BCUT2D eigenvalue weighted by atomic mass is 10.1. The molecule has 1 rings (SSSR count). The summed E-state index contributed by atoms with van der Waals surface area (Å²) in [6, 6.07) is 7.97. The molecule has 3 nitrogen and oxygen atoms in total. The topological polar surface area (TPSA) is 41.5 Å². The molecular weight excluding hydrogens is 214 g/mol. The summed E-state index contributed by atoms with van der Waals surface area (Å²) in [7, 11) is 0. The third-order valence-corrected chi connectivity index (χ3v) is 2.62. The lowest BCUT2D eigenvalue weighted by Gasteiger charge is -2.25. The van der Waals surface area contributed by atoms with Gasteiger partial charge in [0.25, 0.3) is 0 Å². The number of rotatable bonds is 7. The molecule has 1 aromatic carbocycles. The number of nitrogens with one attached hydrogen (secondary N) is 1. The van der Waals surface area contributed by atoms with Crippen molar-refractivity contribution in [3.63, 3.8) is 0 Å². The van der Waals surface area contributed by atoms with Gasteiger partial charge in [-0.05, 0) is 31.9 Å². The summed E-state index contributed by atoms with van der Waals surface area (Å²) in [6.45, 7) is 8.65. The monoisotopic (exact) mass is 237 g/mol. The maximum Gasteiger partial charge on any atom is 0.0750 e. The summed E-state index contributed by atoms with van der Waals surface area (Å²) in [5, 5.41) is 12.3. The van der Waals surface area contributed by atoms with E-state index in [4.69, 9.17) is 9.84 Å². The Bertz CT molecular complexity index is 319. The first-order chi connectivity index (χ1) is 8.07. The Morgan fingerprint density at radius 1 is 1.18 bits per heavy atom. The smallest absolute Gasteiger partial charge is 0.0750 e. The van der Waals surface area contributed by atoms with E-state index in [9.17, 15) is 0 Å². The van der Waals surface area contributed by atoms with Crippen molar-refractivity contribution in [2.24, 2.45) is 0 Å². The van der Waals surface area contributed by atoms with Gasteiger partial charge < -0.3 is 15.2 Å². The molecule has 0 aliphatic heterocycles. The van der Waals surface area contributed by atoms with Gasteiger partial charge in [-0.25, -0.2) is 0 Å². The number of benzene rings is 1. The average molecular weight is 237 g/mol. The first-order valence-corrected chi connectivity index (χ1v) is 6.11. The van der Waals surface area contributed by atoms with Crippen molar-refractivity contribution in [1.82, 2.24) is 5.32 Å². The van der Waals surface area contributed by atoms with E-state index in [1.165, 1.54) is 5.56 Å². The fourth-order valence-electron chi connectivity index (χ4n) is 1.71. The molecule has 0 aliphatic carbocycles. The lowest BCUT2D eigenvalue weighted by molar-refractivity contribution is -0.00897. The van der Waals surface area contributed by atoms with Gasteiger partial charge in [-0.2, -0.15) is 0 Å². The molecule has 0 saturated carbocycles. The first-order valence-electron chi connectivity index (χ1n) is 6.11. The predicted molar refractivity (Wildman–Crippen MR) is 69.8 cm³/mol. The van der Waals surface area contributed by atoms with Crippen LogP contribution in [0.3, 0.4) is 0 Å². The highest BCUT2D eigenvalue weighted by Crippen LogP contribution is 2.08. The average Bonchev–Trinajstić information content (AvgIpc) is 2.29. The third-order valence-electron chi connectivity index (χ3n) is 2.62. The zero-order chi connectivity index (χ0) is 12.7. The Morgan fingerprint density at radius 2 is 1.76 bits per heavy atom. The van der Waals surface area contributed by atoms with Crippen LogP contribution in [-0.4, -0.2) is 23.9 Å². The van der Waals surface area contributed by atoms with Crippen LogP contribution in [0.4, 0.5) is 0 Å². The molecule has 0 spiro atoms. The largest absolute Gasteiger partial charge is 0.392 e. The van der Waals surface area contributed by atoms with Crippen molar-refractivity contribution in [2.75, 3.05) is 13.2 Å². The Balaban J connectivity index is 2.35. The molecule has 0 aliphatic rings. The van der Waals surface area contributed by atoms with E-state index >= 15 is 0 Å². The van der Waals surface area contributed by atoms with Gasteiger partial charge in [-0.3, -0.25) is 0 Å². The normalized spacial score (nSPS) is 11.8. The van der Waals surface area contributed by atoms with E-state index < -0.39 is 0 Å². The van der Waals surface area contributed by atoms with Crippen LogP contribution in [-0.2, 0) is 17.9 Å². The van der Waals surface area contributed by atoms with E-state index in [0.717, 1.165) is 25.3 Å². The van der Waals surface area contributed by atoms with Gasteiger partial charge >= 0.3 is 0 Å². The zero-order valence-electron chi connectivity index (χ0n) is 11.0. The fourth-order valence-corrected chi connectivity index (χ4v) is 1.71. The molecule has 0 unspecified atom stereocenters. The predicted octanol–water partition coefficient (Wildman–Crippen LogP) is 2.08. The SMILES string of the molecule is CCOC(C)(C)CNCc1ccc(CO)cc1. The molecule has 0 amide bonds. The molecule has 2 N–H and O–H groups in total. The molecule has 0 saturated heterocycles. The molecule has 0 radical (unpaired) electrons. The zero-order valence-corrected chi connectivity index (χ0v) is 11.0. The van der Waals surface area contributed by atoms with Crippen LogP contribution < -0.4 is 5.32 Å². The summed E-state index contributed by atoms with van der Waals surface area (Å²) in [5.41, 5.74) is 2.04. The highest BCUT2D eigenvalue weighted by atomic mass is 16.5. The standard InChI is InChI=1S/C14H23NO2/c1-4-17-14(2,3)11-15-9-12-5-7-13(10-16)8-6-12/h5-8,15-16H,4,9-11H2,1-3H3. The minimum Gasteiger partial charge on any atom is -0.392 e. The van der Waals surface area contributed by atoms with Gasteiger partial charge in [0.15, 0.2) is 0 Å². The summed E-state index contributed by atoms with van der Waals surface area (Å²) >= 11 is 0. The van der Waals surface area contributed by atoms with E-state index in [2.05, 4.69) is 19.2 Å². The van der Waals surface area contributed by atoms with Gasteiger partial charge in [0.1, 0.15) is 0 Å². The number of hydrogen-bond donors (Lipinski definition) is 2. The van der Waals surface area contributed by atoms with Crippen LogP contribution in [0.25, 0.3) is 0 Å². The Morgan fingerprint density at radius 3 is 2.29 bits per heavy atom. The molecule has 0 heterocycles. The van der Waals surface area contributed by atoms with Crippen LogP contribution in [0.5, 0.6) is 0 Å². The van der Waals surface area contributed by atoms with Gasteiger partial charge in [-0.15, -0.1) is 0 Å². The second-order valence-electron chi connectivity index (χ2n) is 4.77. The van der Waals surface area contributed by atoms with Gasteiger partial charge in [0, 0.05) is 19.7 Å². The van der Waals surface area contributed by atoms with Crippen LogP contribution >= 0.6 is 0 Å². The van der Waals surface area contributed by atoms with E-state index in [0.29, 0.717) is 0 Å². The second-order valence-corrected chi connectivity index (χ2v) is 4.77. The quantitative estimate of drug-likeness (QED) is 0.763. The number of aliphatic hydroxyl groups excluding tert-OH is 1. The molecule has 96 valence electrons. The summed E-state index contributed by atoms with van der Waals surface area (Å²) in [6.07, 6.45) is 0. The molecule has 0 bridgehead atoms. The minimum atomic E-state index is -0.125. The fraction of sp³-hybridized carbons (Fsp3) is 0.571.